The summed E-state index contributed by atoms with van der Waals surface area (Å²) < 4.78 is 42.5. The van der Waals surface area contributed by atoms with E-state index in [2.05, 4.69) is 5.32 Å². The second kappa shape index (κ2) is 6.56. The first kappa shape index (κ1) is 16.6. The quantitative estimate of drug-likeness (QED) is 0.877. The van der Waals surface area contributed by atoms with Crippen molar-refractivity contribution in [2.24, 2.45) is 5.73 Å². The van der Waals surface area contributed by atoms with Crippen LogP contribution in [0.15, 0.2) is 24.3 Å². The Balaban J connectivity index is 1.86. The van der Waals surface area contributed by atoms with Gasteiger partial charge in [0.05, 0.1) is 11.1 Å². The molecule has 22 heavy (non-hydrogen) atoms. The highest BCUT2D eigenvalue weighted by atomic mass is 19.4. The van der Waals surface area contributed by atoms with Crippen LogP contribution in [0.5, 0.6) is 5.75 Å². The Kier molecular flexibility index (Phi) is 4.95. The number of ether oxygens (including phenoxy) is 1. The van der Waals surface area contributed by atoms with E-state index in [1.54, 1.807) is 0 Å². The van der Waals surface area contributed by atoms with Crippen LogP contribution < -0.4 is 15.8 Å². The maximum Gasteiger partial charge on any atom is 0.416 e. The highest BCUT2D eigenvalue weighted by Gasteiger charge is 2.34. The fourth-order valence-corrected chi connectivity index (χ4v) is 2.65. The van der Waals surface area contributed by atoms with Crippen LogP contribution >= 0.6 is 0 Å². The molecule has 0 heterocycles. The maximum absolute atomic E-state index is 12.4. The molecule has 0 radical (unpaired) electrons. The molecule has 0 aliphatic heterocycles. The fourth-order valence-electron chi connectivity index (χ4n) is 2.65. The van der Waals surface area contributed by atoms with E-state index < -0.39 is 11.7 Å². The number of carbonyl (C=O) groups excluding carboxylic acids is 1. The van der Waals surface area contributed by atoms with Gasteiger partial charge in [0, 0.05) is 6.54 Å². The number of nitrogens with two attached hydrogens (primary N) is 1. The molecule has 0 saturated heterocycles. The maximum atomic E-state index is 12.4. The lowest BCUT2D eigenvalue weighted by Crippen LogP contribution is -2.52. The summed E-state index contributed by atoms with van der Waals surface area (Å²) in [6.45, 7) is 0.131. The summed E-state index contributed by atoms with van der Waals surface area (Å²) in [7, 11) is 0. The van der Waals surface area contributed by atoms with Gasteiger partial charge in [0.1, 0.15) is 5.75 Å². The summed E-state index contributed by atoms with van der Waals surface area (Å²) in [5, 5.41) is 2.88. The molecule has 1 saturated carbocycles. The Bertz CT molecular complexity index is 509. The van der Waals surface area contributed by atoms with Gasteiger partial charge in [0.15, 0.2) is 6.61 Å². The summed E-state index contributed by atoms with van der Waals surface area (Å²) in [5.41, 5.74) is 4.61. The zero-order valence-electron chi connectivity index (χ0n) is 12.1. The lowest BCUT2D eigenvalue weighted by Gasteiger charge is -2.28. The van der Waals surface area contributed by atoms with Gasteiger partial charge in [0.25, 0.3) is 5.91 Å². The van der Waals surface area contributed by atoms with Crippen molar-refractivity contribution in [3.05, 3.63) is 29.8 Å². The number of alkyl halides is 3. The molecule has 3 N–H and O–H groups in total. The van der Waals surface area contributed by atoms with E-state index in [4.69, 9.17) is 10.5 Å². The molecule has 1 aromatic rings. The van der Waals surface area contributed by atoms with Crippen LogP contribution in [0, 0.1) is 0 Å². The number of benzene rings is 1. The monoisotopic (exact) mass is 316 g/mol. The van der Waals surface area contributed by atoms with Crippen molar-refractivity contribution >= 4 is 5.91 Å². The minimum Gasteiger partial charge on any atom is -0.484 e. The molecular formula is C15H19F3N2O2. The van der Waals surface area contributed by atoms with Crippen LogP contribution in [0.1, 0.15) is 31.2 Å². The average Bonchev–Trinajstić information content (AvgIpc) is 2.94. The molecule has 4 nitrogen and oxygen atoms in total. The smallest absolute Gasteiger partial charge is 0.416 e. The summed E-state index contributed by atoms with van der Waals surface area (Å²) in [6, 6.07) is 4.24. The van der Waals surface area contributed by atoms with Crippen molar-refractivity contribution in [2.45, 2.75) is 37.4 Å². The zero-order chi connectivity index (χ0) is 16.2. The molecule has 1 aromatic carbocycles. The average molecular weight is 316 g/mol. The third-order valence-corrected chi connectivity index (χ3v) is 3.91. The standard InChI is InChI=1S/C15H19F3N2O2/c16-15(17,18)11-3-5-12(6-4-11)22-9-13(21)20-14(10-19)7-1-2-8-14/h3-6H,1-2,7-10,19H2,(H,20,21). The van der Waals surface area contributed by atoms with Crippen LogP contribution in [0.4, 0.5) is 13.2 Å². The van der Waals surface area contributed by atoms with Crippen molar-refractivity contribution < 1.29 is 22.7 Å². The molecule has 0 bridgehead atoms. The van der Waals surface area contributed by atoms with E-state index in [-0.39, 0.29) is 23.8 Å². The molecular weight excluding hydrogens is 297 g/mol. The topological polar surface area (TPSA) is 64.3 Å². The van der Waals surface area contributed by atoms with E-state index in [0.29, 0.717) is 6.54 Å². The zero-order valence-corrected chi connectivity index (χ0v) is 12.1. The molecule has 0 aromatic heterocycles. The number of hydrogen-bond acceptors (Lipinski definition) is 3. The lowest BCUT2D eigenvalue weighted by molar-refractivity contribution is -0.137. The van der Waals surface area contributed by atoms with Gasteiger partial charge in [-0.3, -0.25) is 4.79 Å². The largest absolute Gasteiger partial charge is 0.484 e. The molecule has 2 rings (SSSR count). The lowest BCUT2D eigenvalue weighted by atomic mass is 9.98. The van der Waals surface area contributed by atoms with Gasteiger partial charge in [-0.15, -0.1) is 0 Å². The Morgan fingerprint density at radius 2 is 1.82 bits per heavy atom. The van der Waals surface area contributed by atoms with Crippen molar-refractivity contribution in [2.75, 3.05) is 13.2 Å². The number of halogens is 3. The molecule has 1 fully saturated rings. The molecule has 1 aliphatic rings. The summed E-state index contributed by atoms with van der Waals surface area (Å²) in [4.78, 5) is 11.9. The van der Waals surface area contributed by atoms with Crippen molar-refractivity contribution in [1.82, 2.24) is 5.32 Å². The summed E-state index contributed by atoms with van der Waals surface area (Å²) in [6.07, 6.45) is -0.647. The third kappa shape index (κ3) is 4.13. The highest BCUT2D eigenvalue weighted by Crippen LogP contribution is 2.30. The Morgan fingerprint density at radius 3 is 2.32 bits per heavy atom. The second-order valence-electron chi connectivity index (χ2n) is 5.55. The van der Waals surface area contributed by atoms with Crippen LogP contribution in [0.3, 0.4) is 0 Å². The number of carbonyl (C=O) groups is 1. The van der Waals surface area contributed by atoms with Gasteiger partial charge >= 0.3 is 6.18 Å². The minimum atomic E-state index is -4.38. The van der Waals surface area contributed by atoms with Crippen molar-refractivity contribution in [3.63, 3.8) is 0 Å². The summed E-state index contributed by atoms with van der Waals surface area (Å²) in [5.74, 6) is -0.0939. The van der Waals surface area contributed by atoms with Crippen LogP contribution in [-0.2, 0) is 11.0 Å². The number of hydrogen-bond donors (Lipinski definition) is 2. The Hall–Kier alpha value is -1.76. The molecule has 0 atom stereocenters. The first-order valence-electron chi connectivity index (χ1n) is 7.16. The number of nitrogens with one attached hydrogen (secondary N) is 1. The highest BCUT2D eigenvalue weighted by molar-refractivity contribution is 5.78. The first-order chi connectivity index (χ1) is 10.3. The number of amides is 1. The SMILES string of the molecule is NCC1(NC(=O)COc2ccc(C(F)(F)F)cc2)CCCC1. The van der Waals surface area contributed by atoms with Gasteiger partial charge < -0.3 is 15.8 Å². The van der Waals surface area contributed by atoms with Crippen molar-refractivity contribution in [1.29, 1.82) is 0 Å². The molecule has 1 aliphatic carbocycles. The number of rotatable bonds is 5. The van der Waals surface area contributed by atoms with E-state index in [9.17, 15) is 18.0 Å². The predicted octanol–water partition coefficient (Wildman–Crippen LogP) is 2.47. The van der Waals surface area contributed by atoms with Gasteiger partial charge in [-0.25, -0.2) is 0 Å². The summed E-state index contributed by atoms with van der Waals surface area (Å²) >= 11 is 0. The fraction of sp³-hybridized carbons (Fsp3) is 0.533. The van der Waals surface area contributed by atoms with Gasteiger partial charge in [-0.1, -0.05) is 12.8 Å². The Labute approximate surface area is 126 Å². The molecule has 122 valence electrons. The van der Waals surface area contributed by atoms with Crippen LogP contribution in [0.25, 0.3) is 0 Å². The Morgan fingerprint density at radius 1 is 1.23 bits per heavy atom. The van der Waals surface area contributed by atoms with Crippen LogP contribution in [0.2, 0.25) is 0 Å². The molecule has 7 heteroatoms. The minimum absolute atomic E-state index is 0.219. The third-order valence-electron chi connectivity index (χ3n) is 3.91. The normalized spacial score (nSPS) is 17.3. The van der Waals surface area contributed by atoms with Crippen molar-refractivity contribution in [3.8, 4) is 5.75 Å². The second-order valence-corrected chi connectivity index (χ2v) is 5.55. The molecule has 0 unspecified atom stereocenters. The van der Waals surface area contributed by atoms with E-state index in [0.717, 1.165) is 37.8 Å². The molecule has 1 amide bonds. The first-order valence-corrected chi connectivity index (χ1v) is 7.16. The van der Waals surface area contributed by atoms with E-state index in [1.165, 1.54) is 12.1 Å². The van der Waals surface area contributed by atoms with Gasteiger partial charge in [-0.05, 0) is 37.1 Å². The van der Waals surface area contributed by atoms with Gasteiger partial charge in [0.2, 0.25) is 0 Å². The predicted molar refractivity (Wildman–Crippen MR) is 75.3 cm³/mol. The van der Waals surface area contributed by atoms with Crippen LogP contribution in [-0.4, -0.2) is 24.6 Å². The van der Waals surface area contributed by atoms with E-state index >= 15 is 0 Å². The molecule has 0 spiro atoms. The van der Waals surface area contributed by atoms with Gasteiger partial charge in [-0.2, -0.15) is 13.2 Å². The van der Waals surface area contributed by atoms with E-state index in [1.807, 2.05) is 0 Å².